The number of hydrogen-bond acceptors (Lipinski definition) is 3. The number of nitrogens with two attached hydrogens (primary N) is 1. The van der Waals surface area contributed by atoms with Crippen LogP contribution in [-0.4, -0.2) is 14.2 Å². The summed E-state index contributed by atoms with van der Waals surface area (Å²) in [7, 11) is 3.27. The summed E-state index contributed by atoms with van der Waals surface area (Å²) in [5, 5.41) is 0.662. The van der Waals surface area contributed by atoms with Crippen molar-refractivity contribution in [2.75, 3.05) is 14.2 Å². The molecule has 0 spiro atoms. The van der Waals surface area contributed by atoms with Gasteiger partial charge in [-0.2, -0.15) is 0 Å². The van der Waals surface area contributed by atoms with E-state index in [0.717, 1.165) is 28.2 Å². The van der Waals surface area contributed by atoms with Crippen molar-refractivity contribution in [1.29, 1.82) is 0 Å². The number of benzene rings is 2. The fourth-order valence-corrected chi connectivity index (χ4v) is 2.19. The molecule has 0 aliphatic rings. The molecule has 2 N–H and O–H groups in total. The van der Waals surface area contributed by atoms with E-state index in [-0.39, 0.29) is 0 Å². The van der Waals surface area contributed by atoms with E-state index in [1.807, 2.05) is 30.3 Å². The lowest BCUT2D eigenvalue weighted by Gasteiger charge is -2.13. The SMILES string of the molecule is COc1ccc(-c2cc(Cl)ccc2OC)c(CN)c1. The molecule has 0 fully saturated rings. The van der Waals surface area contributed by atoms with E-state index >= 15 is 0 Å². The van der Waals surface area contributed by atoms with E-state index in [1.54, 1.807) is 20.3 Å². The molecule has 2 aromatic carbocycles. The molecule has 0 aliphatic carbocycles. The monoisotopic (exact) mass is 277 g/mol. The molecule has 2 aromatic rings. The van der Waals surface area contributed by atoms with E-state index in [1.165, 1.54) is 0 Å². The van der Waals surface area contributed by atoms with Gasteiger partial charge in [0.15, 0.2) is 0 Å². The van der Waals surface area contributed by atoms with Gasteiger partial charge in [-0.1, -0.05) is 17.7 Å². The van der Waals surface area contributed by atoms with Crippen LogP contribution in [0.5, 0.6) is 11.5 Å². The van der Waals surface area contributed by atoms with Gasteiger partial charge in [0.1, 0.15) is 11.5 Å². The highest BCUT2D eigenvalue weighted by molar-refractivity contribution is 6.31. The van der Waals surface area contributed by atoms with Gasteiger partial charge in [0.2, 0.25) is 0 Å². The molecule has 0 aromatic heterocycles. The predicted octanol–water partition coefficient (Wildman–Crippen LogP) is 3.48. The minimum atomic E-state index is 0.419. The molecule has 0 saturated heterocycles. The van der Waals surface area contributed by atoms with Crippen molar-refractivity contribution in [3.8, 4) is 22.6 Å². The minimum Gasteiger partial charge on any atom is -0.497 e. The third kappa shape index (κ3) is 2.83. The van der Waals surface area contributed by atoms with E-state index in [2.05, 4.69) is 0 Å². The maximum Gasteiger partial charge on any atom is 0.126 e. The molecule has 100 valence electrons. The molecular weight excluding hydrogens is 262 g/mol. The summed E-state index contributed by atoms with van der Waals surface area (Å²) in [4.78, 5) is 0. The molecule has 0 radical (unpaired) electrons. The van der Waals surface area contributed by atoms with Gasteiger partial charge in [0, 0.05) is 17.1 Å². The number of ether oxygens (including phenoxy) is 2. The van der Waals surface area contributed by atoms with Crippen molar-refractivity contribution in [1.82, 2.24) is 0 Å². The molecule has 0 saturated carbocycles. The van der Waals surface area contributed by atoms with Crippen molar-refractivity contribution in [3.05, 3.63) is 47.0 Å². The van der Waals surface area contributed by atoms with Gasteiger partial charge in [-0.15, -0.1) is 0 Å². The Morgan fingerprint density at radius 3 is 2.42 bits per heavy atom. The minimum absolute atomic E-state index is 0.419. The van der Waals surface area contributed by atoms with Crippen LogP contribution in [0.3, 0.4) is 0 Å². The van der Waals surface area contributed by atoms with Crippen molar-refractivity contribution < 1.29 is 9.47 Å². The third-order valence-corrected chi connectivity index (χ3v) is 3.22. The van der Waals surface area contributed by atoms with Crippen LogP contribution in [0.1, 0.15) is 5.56 Å². The van der Waals surface area contributed by atoms with E-state index in [4.69, 9.17) is 26.8 Å². The fraction of sp³-hybridized carbons (Fsp3) is 0.200. The van der Waals surface area contributed by atoms with Crippen LogP contribution in [0.2, 0.25) is 5.02 Å². The molecular formula is C15H16ClNO2. The maximum absolute atomic E-state index is 6.07. The summed E-state index contributed by atoms with van der Waals surface area (Å²) in [6.07, 6.45) is 0. The first-order valence-corrected chi connectivity index (χ1v) is 6.28. The molecule has 0 heterocycles. The zero-order valence-electron chi connectivity index (χ0n) is 10.9. The van der Waals surface area contributed by atoms with E-state index < -0.39 is 0 Å². The number of methoxy groups -OCH3 is 2. The maximum atomic E-state index is 6.07. The highest BCUT2D eigenvalue weighted by Gasteiger charge is 2.11. The highest BCUT2D eigenvalue weighted by atomic mass is 35.5. The van der Waals surface area contributed by atoms with Gasteiger partial charge in [-0.3, -0.25) is 0 Å². The topological polar surface area (TPSA) is 44.5 Å². The van der Waals surface area contributed by atoms with Crippen LogP contribution in [0, 0.1) is 0 Å². The molecule has 19 heavy (non-hydrogen) atoms. The Labute approximate surface area is 117 Å². The number of halogens is 1. The Balaban J connectivity index is 2.60. The van der Waals surface area contributed by atoms with Crippen LogP contribution in [0.4, 0.5) is 0 Å². The third-order valence-electron chi connectivity index (χ3n) is 2.98. The predicted molar refractivity (Wildman–Crippen MR) is 77.9 cm³/mol. The zero-order chi connectivity index (χ0) is 13.8. The normalized spacial score (nSPS) is 10.3. The van der Waals surface area contributed by atoms with Gasteiger partial charge >= 0.3 is 0 Å². The Kier molecular flexibility index (Phi) is 4.30. The van der Waals surface area contributed by atoms with Gasteiger partial charge in [0.25, 0.3) is 0 Å². The molecule has 0 amide bonds. The van der Waals surface area contributed by atoms with Crippen LogP contribution in [0.25, 0.3) is 11.1 Å². The van der Waals surface area contributed by atoms with Crippen molar-refractivity contribution in [2.45, 2.75) is 6.54 Å². The molecule has 0 unspecified atom stereocenters. The number of rotatable bonds is 4. The fourth-order valence-electron chi connectivity index (χ4n) is 2.02. The molecule has 0 atom stereocenters. The summed E-state index contributed by atoms with van der Waals surface area (Å²) in [6.45, 7) is 0.419. The quantitative estimate of drug-likeness (QED) is 0.930. The van der Waals surface area contributed by atoms with Crippen LogP contribution in [-0.2, 0) is 6.54 Å². The first-order chi connectivity index (χ1) is 9.19. The highest BCUT2D eigenvalue weighted by Crippen LogP contribution is 2.35. The molecule has 4 heteroatoms. The molecule has 0 aliphatic heterocycles. The van der Waals surface area contributed by atoms with Gasteiger partial charge in [-0.05, 0) is 41.5 Å². The van der Waals surface area contributed by atoms with Crippen LogP contribution in [0.15, 0.2) is 36.4 Å². The van der Waals surface area contributed by atoms with Crippen LogP contribution >= 0.6 is 11.6 Å². The second-order valence-corrected chi connectivity index (χ2v) is 4.51. The summed E-state index contributed by atoms with van der Waals surface area (Å²) in [5.74, 6) is 1.55. The summed E-state index contributed by atoms with van der Waals surface area (Å²) < 4.78 is 10.6. The second-order valence-electron chi connectivity index (χ2n) is 4.07. The Bertz CT molecular complexity index is 584. The van der Waals surface area contributed by atoms with Gasteiger partial charge in [-0.25, -0.2) is 0 Å². The Morgan fingerprint density at radius 2 is 1.79 bits per heavy atom. The average molecular weight is 278 g/mol. The van der Waals surface area contributed by atoms with Crippen molar-refractivity contribution >= 4 is 11.6 Å². The standard InChI is InChI=1S/C15H16ClNO2/c1-18-12-4-5-13(10(7-12)9-17)14-8-11(16)3-6-15(14)19-2/h3-8H,9,17H2,1-2H3. The average Bonchev–Trinajstić information content (AvgIpc) is 2.46. The van der Waals surface area contributed by atoms with Crippen molar-refractivity contribution in [2.24, 2.45) is 5.73 Å². The zero-order valence-corrected chi connectivity index (χ0v) is 11.7. The van der Waals surface area contributed by atoms with E-state index in [9.17, 15) is 0 Å². The summed E-state index contributed by atoms with van der Waals surface area (Å²) in [6, 6.07) is 11.3. The van der Waals surface area contributed by atoms with Crippen LogP contribution < -0.4 is 15.2 Å². The molecule has 2 rings (SSSR count). The second kappa shape index (κ2) is 5.95. The Hall–Kier alpha value is -1.71. The largest absolute Gasteiger partial charge is 0.497 e. The van der Waals surface area contributed by atoms with E-state index in [0.29, 0.717) is 11.6 Å². The van der Waals surface area contributed by atoms with Gasteiger partial charge in [0.05, 0.1) is 14.2 Å². The summed E-state index contributed by atoms with van der Waals surface area (Å²) in [5.41, 5.74) is 8.73. The first-order valence-electron chi connectivity index (χ1n) is 5.90. The molecule has 3 nitrogen and oxygen atoms in total. The Morgan fingerprint density at radius 1 is 1.00 bits per heavy atom. The molecule has 0 bridgehead atoms. The lowest BCUT2D eigenvalue weighted by molar-refractivity contribution is 0.413. The summed E-state index contributed by atoms with van der Waals surface area (Å²) >= 11 is 6.07. The number of hydrogen-bond donors (Lipinski definition) is 1. The lowest BCUT2D eigenvalue weighted by atomic mass is 9.98. The smallest absolute Gasteiger partial charge is 0.126 e. The van der Waals surface area contributed by atoms with Crippen molar-refractivity contribution in [3.63, 3.8) is 0 Å². The van der Waals surface area contributed by atoms with Gasteiger partial charge < -0.3 is 15.2 Å². The lowest BCUT2D eigenvalue weighted by Crippen LogP contribution is -2.00. The first kappa shape index (κ1) is 13.7.